The van der Waals surface area contributed by atoms with Gasteiger partial charge in [-0.3, -0.25) is 0 Å². The van der Waals surface area contributed by atoms with Gasteiger partial charge in [-0.05, 0) is 12.3 Å². The van der Waals surface area contributed by atoms with Gasteiger partial charge in [0, 0.05) is 13.1 Å². The lowest BCUT2D eigenvalue weighted by molar-refractivity contribution is 0.0664. The number of rotatable bonds is 4. The van der Waals surface area contributed by atoms with Crippen molar-refractivity contribution in [3.05, 3.63) is 0 Å². The Bertz CT molecular complexity index is 349. The van der Waals surface area contributed by atoms with Crippen LogP contribution in [0.1, 0.15) is 20.3 Å². The molecule has 6 heteroatoms. The summed E-state index contributed by atoms with van der Waals surface area (Å²) in [7, 11) is 0. The van der Waals surface area contributed by atoms with Crippen LogP contribution in [0.4, 0.5) is 0 Å². The number of morpholine rings is 1. The Morgan fingerprint density at radius 2 is 2.05 bits per heavy atom. The van der Waals surface area contributed by atoms with Crippen molar-refractivity contribution >= 4 is 11.7 Å². The molecule has 0 bridgehead atoms. The monoisotopic (exact) mass is 269 g/mol. The molecule has 0 spiro atoms. The number of nitrogens with zero attached hydrogens (tertiary/aromatic N) is 3. The first-order chi connectivity index (χ1) is 9.16. The van der Waals surface area contributed by atoms with Crippen LogP contribution in [0.2, 0.25) is 0 Å². The molecule has 0 saturated carbocycles. The molecule has 1 N–H and O–H groups in total. The van der Waals surface area contributed by atoms with E-state index in [0.717, 1.165) is 25.3 Å². The van der Waals surface area contributed by atoms with Crippen LogP contribution in [0.5, 0.6) is 0 Å². The highest BCUT2D eigenvalue weighted by atomic mass is 16.5. The maximum absolute atomic E-state index is 9.82. The SMILES string of the molecule is CC(C)CC(O)COC1=NCN=C1N1CCOCC1. The molecule has 1 fully saturated rings. The van der Waals surface area contributed by atoms with E-state index in [1.807, 2.05) is 0 Å². The molecule has 108 valence electrons. The molecular formula is C13H23N3O3. The fourth-order valence-corrected chi connectivity index (χ4v) is 2.21. The minimum Gasteiger partial charge on any atom is -0.473 e. The van der Waals surface area contributed by atoms with Crippen molar-refractivity contribution in [3.63, 3.8) is 0 Å². The third kappa shape index (κ3) is 4.18. The van der Waals surface area contributed by atoms with E-state index >= 15 is 0 Å². The average molecular weight is 269 g/mol. The lowest BCUT2D eigenvalue weighted by Crippen LogP contribution is -2.44. The first kappa shape index (κ1) is 14.3. The highest BCUT2D eigenvalue weighted by Crippen LogP contribution is 2.09. The molecule has 0 aromatic heterocycles. The van der Waals surface area contributed by atoms with Crippen molar-refractivity contribution in [2.75, 3.05) is 39.6 Å². The van der Waals surface area contributed by atoms with Gasteiger partial charge >= 0.3 is 0 Å². The summed E-state index contributed by atoms with van der Waals surface area (Å²) in [6, 6.07) is 0. The summed E-state index contributed by atoms with van der Waals surface area (Å²) in [6.07, 6.45) is 0.284. The smallest absolute Gasteiger partial charge is 0.254 e. The summed E-state index contributed by atoms with van der Waals surface area (Å²) in [4.78, 5) is 10.7. The van der Waals surface area contributed by atoms with Gasteiger partial charge in [-0.2, -0.15) is 0 Å². The van der Waals surface area contributed by atoms with Crippen LogP contribution in [-0.4, -0.2) is 67.4 Å². The maximum atomic E-state index is 9.82. The fraction of sp³-hybridized carbons (Fsp3) is 0.846. The van der Waals surface area contributed by atoms with Crippen molar-refractivity contribution < 1.29 is 14.6 Å². The Labute approximate surface area is 114 Å². The van der Waals surface area contributed by atoms with E-state index in [0.29, 0.717) is 31.7 Å². The summed E-state index contributed by atoms with van der Waals surface area (Å²) in [6.45, 7) is 7.91. The maximum Gasteiger partial charge on any atom is 0.254 e. The van der Waals surface area contributed by atoms with E-state index in [4.69, 9.17) is 9.47 Å². The molecule has 6 nitrogen and oxygen atoms in total. The van der Waals surface area contributed by atoms with E-state index in [1.165, 1.54) is 0 Å². The second-order valence-corrected chi connectivity index (χ2v) is 5.28. The van der Waals surface area contributed by atoms with Gasteiger partial charge in [-0.1, -0.05) is 13.8 Å². The molecule has 2 rings (SSSR count). The van der Waals surface area contributed by atoms with Crippen LogP contribution < -0.4 is 0 Å². The number of ether oxygens (including phenoxy) is 2. The molecule has 19 heavy (non-hydrogen) atoms. The lowest BCUT2D eigenvalue weighted by Gasteiger charge is -2.28. The average Bonchev–Trinajstić information content (AvgIpc) is 2.85. The zero-order valence-corrected chi connectivity index (χ0v) is 11.7. The first-order valence-corrected chi connectivity index (χ1v) is 6.89. The Hall–Kier alpha value is -1.14. The number of aliphatic hydroxyl groups excluding tert-OH is 1. The van der Waals surface area contributed by atoms with Crippen LogP contribution in [0.3, 0.4) is 0 Å². The van der Waals surface area contributed by atoms with Crippen molar-refractivity contribution in [1.29, 1.82) is 0 Å². The molecular weight excluding hydrogens is 246 g/mol. The van der Waals surface area contributed by atoms with E-state index in [9.17, 15) is 5.11 Å². The fourth-order valence-electron chi connectivity index (χ4n) is 2.21. The van der Waals surface area contributed by atoms with Crippen LogP contribution >= 0.6 is 0 Å². The largest absolute Gasteiger partial charge is 0.473 e. The number of aliphatic hydroxyl groups is 1. The van der Waals surface area contributed by atoms with Gasteiger partial charge in [0.1, 0.15) is 13.3 Å². The van der Waals surface area contributed by atoms with Gasteiger partial charge in [0.25, 0.3) is 5.90 Å². The predicted octanol–water partition coefficient (Wildman–Crippen LogP) is 0.510. The zero-order valence-electron chi connectivity index (χ0n) is 11.7. The highest BCUT2D eigenvalue weighted by molar-refractivity contribution is 6.38. The third-order valence-electron chi connectivity index (χ3n) is 3.09. The second-order valence-electron chi connectivity index (χ2n) is 5.28. The minimum atomic E-state index is -0.450. The topological polar surface area (TPSA) is 66.7 Å². The molecule has 0 amide bonds. The van der Waals surface area contributed by atoms with Gasteiger partial charge in [-0.25, -0.2) is 9.98 Å². The lowest BCUT2D eigenvalue weighted by atomic mass is 10.1. The summed E-state index contributed by atoms with van der Waals surface area (Å²) < 4.78 is 10.9. The van der Waals surface area contributed by atoms with Gasteiger partial charge in [-0.15, -0.1) is 0 Å². The molecule has 1 saturated heterocycles. The molecule has 0 aromatic rings. The Morgan fingerprint density at radius 3 is 2.74 bits per heavy atom. The van der Waals surface area contributed by atoms with Crippen molar-refractivity contribution in [3.8, 4) is 0 Å². The van der Waals surface area contributed by atoms with Crippen LogP contribution in [0.25, 0.3) is 0 Å². The molecule has 1 unspecified atom stereocenters. The quantitative estimate of drug-likeness (QED) is 0.807. The van der Waals surface area contributed by atoms with Crippen molar-refractivity contribution in [2.24, 2.45) is 15.9 Å². The Kier molecular flexibility index (Phi) is 5.15. The van der Waals surface area contributed by atoms with E-state index < -0.39 is 6.10 Å². The number of hydrogen-bond donors (Lipinski definition) is 1. The van der Waals surface area contributed by atoms with Gasteiger partial charge in [0.2, 0.25) is 0 Å². The predicted molar refractivity (Wildman–Crippen MR) is 73.5 cm³/mol. The van der Waals surface area contributed by atoms with E-state index in [-0.39, 0.29) is 6.61 Å². The Morgan fingerprint density at radius 1 is 1.32 bits per heavy atom. The van der Waals surface area contributed by atoms with E-state index in [1.54, 1.807) is 0 Å². The molecule has 2 heterocycles. The minimum absolute atomic E-state index is 0.278. The standard InChI is InChI=1S/C13H23N3O3/c1-10(2)7-11(17)8-19-13-12(14-9-15-13)16-3-5-18-6-4-16/h10-11,17H,3-9H2,1-2H3. The van der Waals surface area contributed by atoms with E-state index in [2.05, 4.69) is 28.7 Å². The summed E-state index contributed by atoms with van der Waals surface area (Å²) >= 11 is 0. The Balaban J connectivity index is 1.81. The van der Waals surface area contributed by atoms with Crippen LogP contribution in [0, 0.1) is 5.92 Å². The molecule has 0 aliphatic carbocycles. The van der Waals surface area contributed by atoms with Gasteiger partial charge < -0.3 is 19.5 Å². The molecule has 0 aromatic carbocycles. The molecule has 0 radical (unpaired) electrons. The van der Waals surface area contributed by atoms with Crippen LogP contribution in [0.15, 0.2) is 9.98 Å². The van der Waals surface area contributed by atoms with Crippen molar-refractivity contribution in [2.45, 2.75) is 26.4 Å². The number of aliphatic imine (C=N–C) groups is 2. The number of amidine groups is 1. The van der Waals surface area contributed by atoms with Crippen LogP contribution in [-0.2, 0) is 9.47 Å². The second kappa shape index (κ2) is 6.86. The summed E-state index contributed by atoms with van der Waals surface area (Å²) in [5.74, 6) is 1.82. The molecule has 1 atom stereocenters. The van der Waals surface area contributed by atoms with Gasteiger partial charge in [0.05, 0.1) is 19.3 Å². The van der Waals surface area contributed by atoms with Crippen molar-refractivity contribution in [1.82, 2.24) is 4.90 Å². The normalized spacial score (nSPS) is 21.4. The summed E-state index contributed by atoms with van der Waals surface area (Å²) in [5.41, 5.74) is 0. The first-order valence-electron chi connectivity index (χ1n) is 6.89. The molecule has 2 aliphatic heterocycles. The zero-order chi connectivity index (χ0) is 13.7. The third-order valence-corrected chi connectivity index (χ3v) is 3.09. The van der Waals surface area contributed by atoms with Gasteiger partial charge in [0.15, 0.2) is 5.84 Å². The number of hydrogen-bond acceptors (Lipinski definition) is 6. The summed E-state index contributed by atoms with van der Waals surface area (Å²) in [5, 5.41) is 9.82. The highest BCUT2D eigenvalue weighted by Gasteiger charge is 2.24. The molecule has 2 aliphatic rings.